The number of ketones is 1. The number of Topliss-reactive ketones (excluding diaryl/α,β-unsaturated/α-hetero) is 1. The zero-order valence-corrected chi connectivity index (χ0v) is 21.7. The molecule has 5 unspecified atom stereocenters. The van der Waals surface area contributed by atoms with E-state index in [0.29, 0.717) is 29.6 Å². The highest BCUT2D eigenvalue weighted by molar-refractivity contribution is 5.77. The van der Waals surface area contributed by atoms with Crippen molar-refractivity contribution in [1.82, 2.24) is 0 Å². The molecule has 0 saturated heterocycles. The molecule has 0 aliphatic heterocycles. The maximum Gasteiger partial charge on any atom is 0.132 e. The average Bonchev–Trinajstić information content (AvgIpc) is 3.00. The van der Waals surface area contributed by atoms with Gasteiger partial charge in [-0.25, -0.2) is 0 Å². The lowest BCUT2D eigenvalue weighted by Crippen LogP contribution is -2.46. The highest BCUT2D eigenvalue weighted by Gasteiger charge is 2.57. The van der Waals surface area contributed by atoms with Crippen LogP contribution in [0.4, 0.5) is 0 Å². The van der Waals surface area contributed by atoms with Crippen LogP contribution in [-0.4, -0.2) is 11.8 Å². The topological polar surface area (TPSA) is 43.1 Å². The van der Waals surface area contributed by atoms with Gasteiger partial charge < -0.3 is 5.73 Å². The summed E-state index contributed by atoms with van der Waals surface area (Å²) >= 11 is 0. The summed E-state index contributed by atoms with van der Waals surface area (Å²) in [6, 6.07) is 0.334. The summed E-state index contributed by atoms with van der Waals surface area (Å²) < 4.78 is 0. The molecule has 3 rings (SSSR count). The van der Waals surface area contributed by atoms with Gasteiger partial charge in [0.1, 0.15) is 5.78 Å². The monoisotopic (exact) mass is 431 g/mol. The fourth-order valence-electron chi connectivity index (χ4n) is 8.77. The highest BCUT2D eigenvalue weighted by Crippen LogP contribution is 2.64. The second kappa shape index (κ2) is 10.7. The van der Waals surface area contributed by atoms with Crippen LogP contribution in [-0.2, 0) is 4.79 Å². The van der Waals surface area contributed by atoms with E-state index < -0.39 is 0 Å². The molecular weight excluding hydrogens is 378 g/mol. The van der Waals surface area contributed by atoms with Crippen molar-refractivity contribution in [3.63, 3.8) is 0 Å². The molecule has 0 bridgehead atoms. The standard InChI is InChI=1S/C29H53NO/c1-7-24(31)12-11-22-18-23(30)17-21(5)28-25(22)15-16-29(6)26(13-14-27(28)29)20(4)10-8-9-19(2)3/h19-23,25-28H,7-18,30H2,1-6H3/t20?,21-,22+,23+,25?,26?,27?,28?,29+/m0/s1. The van der Waals surface area contributed by atoms with Crippen molar-refractivity contribution in [3.8, 4) is 0 Å². The summed E-state index contributed by atoms with van der Waals surface area (Å²) in [6.07, 6.45) is 14.8. The van der Waals surface area contributed by atoms with E-state index in [1.54, 1.807) is 0 Å². The minimum absolute atomic E-state index is 0.334. The highest BCUT2D eigenvalue weighted by atomic mass is 16.1. The molecule has 0 spiro atoms. The fourth-order valence-corrected chi connectivity index (χ4v) is 8.77. The molecule has 3 saturated carbocycles. The van der Waals surface area contributed by atoms with Gasteiger partial charge in [0.15, 0.2) is 0 Å². The lowest BCUT2D eigenvalue weighted by atomic mass is 9.52. The van der Waals surface area contributed by atoms with Crippen molar-refractivity contribution >= 4 is 5.78 Å². The summed E-state index contributed by atoms with van der Waals surface area (Å²) in [5.74, 6) is 7.00. The Kier molecular flexibility index (Phi) is 8.72. The van der Waals surface area contributed by atoms with Crippen LogP contribution < -0.4 is 5.73 Å². The van der Waals surface area contributed by atoms with Crippen LogP contribution in [0.15, 0.2) is 0 Å². The molecule has 3 fully saturated rings. The first-order valence-electron chi connectivity index (χ1n) is 13.9. The van der Waals surface area contributed by atoms with Crippen LogP contribution in [0, 0.1) is 52.8 Å². The summed E-state index contributed by atoms with van der Waals surface area (Å²) in [7, 11) is 0. The Labute approximate surface area is 193 Å². The van der Waals surface area contributed by atoms with Crippen molar-refractivity contribution in [3.05, 3.63) is 0 Å². The molecule has 180 valence electrons. The first kappa shape index (κ1) is 25.3. The molecule has 0 amide bonds. The first-order valence-corrected chi connectivity index (χ1v) is 13.9. The van der Waals surface area contributed by atoms with Crippen LogP contribution >= 0.6 is 0 Å². The lowest BCUT2D eigenvalue weighted by Gasteiger charge is -2.53. The minimum Gasteiger partial charge on any atom is -0.328 e. The van der Waals surface area contributed by atoms with Gasteiger partial charge in [-0.3, -0.25) is 4.79 Å². The zero-order chi connectivity index (χ0) is 22.8. The van der Waals surface area contributed by atoms with E-state index in [1.165, 1.54) is 51.4 Å². The molecule has 0 radical (unpaired) electrons. The van der Waals surface area contributed by atoms with Gasteiger partial charge in [-0.15, -0.1) is 0 Å². The molecule has 3 aliphatic rings. The summed E-state index contributed by atoms with van der Waals surface area (Å²) in [6.45, 7) is 14.5. The molecule has 2 nitrogen and oxygen atoms in total. The molecule has 3 aliphatic carbocycles. The van der Waals surface area contributed by atoms with E-state index in [1.807, 2.05) is 6.92 Å². The Bertz CT molecular complexity index is 585. The van der Waals surface area contributed by atoms with Gasteiger partial charge in [-0.2, -0.15) is 0 Å². The van der Waals surface area contributed by atoms with E-state index in [4.69, 9.17) is 5.73 Å². The van der Waals surface area contributed by atoms with Gasteiger partial charge >= 0.3 is 0 Å². The lowest BCUT2D eigenvalue weighted by molar-refractivity contribution is -0.119. The van der Waals surface area contributed by atoms with Gasteiger partial charge in [-0.05, 0) is 97.7 Å². The van der Waals surface area contributed by atoms with Gasteiger partial charge in [0.25, 0.3) is 0 Å². The van der Waals surface area contributed by atoms with E-state index in [-0.39, 0.29) is 0 Å². The molecule has 0 heterocycles. The largest absolute Gasteiger partial charge is 0.328 e. The first-order chi connectivity index (χ1) is 14.7. The van der Waals surface area contributed by atoms with Crippen LogP contribution in [0.1, 0.15) is 119 Å². The number of hydrogen-bond donors (Lipinski definition) is 1. The van der Waals surface area contributed by atoms with Gasteiger partial charge in [0.05, 0.1) is 0 Å². The molecule has 0 aromatic carbocycles. The third kappa shape index (κ3) is 5.59. The molecular formula is C29H53NO. The van der Waals surface area contributed by atoms with E-state index >= 15 is 0 Å². The molecule has 2 N–H and O–H groups in total. The Balaban J connectivity index is 1.74. The quantitative estimate of drug-likeness (QED) is 0.407. The number of nitrogens with two attached hydrogens (primary N) is 1. The van der Waals surface area contributed by atoms with Crippen molar-refractivity contribution in [2.75, 3.05) is 0 Å². The average molecular weight is 432 g/mol. The zero-order valence-electron chi connectivity index (χ0n) is 21.7. The SMILES string of the molecule is CCC(=O)CC[C@@H]1C[C@H](N)C[C@H](C)C2C1CC[C@]1(C)C(C(C)CCCC(C)C)CCC21. The molecule has 31 heavy (non-hydrogen) atoms. The molecule has 2 heteroatoms. The maximum absolute atomic E-state index is 12.1. The Hall–Kier alpha value is -0.370. The van der Waals surface area contributed by atoms with Crippen molar-refractivity contribution < 1.29 is 4.79 Å². The number of fused-ring (bicyclic) bond motifs is 3. The smallest absolute Gasteiger partial charge is 0.132 e. The normalized spacial score (nSPS) is 41.5. The van der Waals surface area contributed by atoms with E-state index in [0.717, 1.165) is 60.7 Å². The number of rotatable bonds is 9. The fraction of sp³-hybridized carbons (Fsp3) is 0.966. The van der Waals surface area contributed by atoms with Crippen LogP contribution in [0.25, 0.3) is 0 Å². The maximum atomic E-state index is 12.1. The number of carbonyl (C=O) groups excluding carboxylic acids is 1. The minimum atomic E-state index is 0.334. The summed E-state index contributed by atoms with van der Waals surface area (Å²) in [5, 5.41) is 0. The molecule has 0 aromatic heterocycles. The van der Waals surface area contributed by atoms with Crippen LogP contribution in [0.5, 0.6) is 0 Å². The number of carbonyl (C=O) groups is 1. The number of hydrogen-bond acceptors (Lipinski definition) is 2. The van der Waals surface area contributed by atoms with Crippen LogP contribution in [0.3, 0.4) is 0 Å². The Morgan fingerprint density at radius 2 is 1.84 bits per heavy atom. The third-order valence-corrected chi connectivity index (χ3v) is 10.3. The summed E-state index contributed by atoms with van der Waals surface area (Å²) in [5.41, 5.74) is 7.18. The van der Waals surface area contributed by atoms with E-state index in [9.17, 15) is 4.79 Å². The van der Waals surface area contributed by atoms with Crippen LogP contribution in [0.2, 0.25) is 0 Å². The summed E-state index contributed by atoms with van der Waals surface area (Å²) in [4.78, 5) is 12.1. The molecule has 0 aromatic rings. The Morgan fingerprint density at radius 1 is 1.10 bits per heavy atom. The van der Waals surface area contributed by atoms with Gasteiger partial charge in [-0.1, -0.05) is 60.8 Å². The second-order valence-corrected chi connectivity index (χ2v) is 12.8. The van der Waals surface area contributed by atoms with E-state index in [2.05, 4.69) is 34.6 Å². The Morgan fingerprint density at radius 3 is 2.52 bits per heavy atom. The predicted octanol–water partition coefficient (Wildman–Crippen LogP) is 7.64. The van der Waals surface area contributed by atoms with Crippen molar-refractivity contribution in [1.29, 1.82) is 0 Å². The molecule has 9 atom stereocenters. The van der Waals surface area contributed by atoms with Crippen molar-refractivity contribution in [2.45, 2.75) is 125 Å². The van der Waals surface area contributed by atoms with Gasteiger partial charge in [0.2, 0.25) is 0 Å². The predicted molar refractivity (Wildman–Crippen MR) is 133 cm³/mol. The van der Waals surface area contributed by atoms with Gasteiger partial charge in [0, 0.05) is 18.9 Å². The second-order valence-electron chi connectivity index (χ2n) is 12.8. The van der Waals surface area contributed by atoms with Crippen molar-refractivity contribution in [2.24, 2.45) is 58.5 Å². The third-order valence-electron chi connectivity index (χ3n) is 10.3.